The molecule has 2 nitrogen and oxygen atoms in total. The van der Waals surface area contributed by atoms with Crippen molar-refractivity contribution in [1.29, 1.82) is 0 Å². The monoisotopic (exact) mass is 300 g/mol. The van der Waals surface area contributed by atoms with Crippen LogP contribution in [0.4, 0.5) is 0 Å². The minimum atomic E-state index is 0.740. The van der Waals surface area contributed by atoms with Crippen molar-refractivity contribution in [3.05, 3.63) is 35.9 Å². The number of hydrogen-bond acceptors (Lipinski definition) is 2. The van der Waals surface area contributed by atoms with E-state index in [-0.39, 0.29) is 0 Å². The van der Waals surface area contributed by atoms with Crippen molar-refractivity contribution < 1.29 is 0 Å². The Labute approximate surface area is 136 Å². The summed E-state index contributed by atoms with van der Waals surface area (Å²) in [5.74, 6) is 0.885. The fourth-order valence-electron chi connectivity index (χ4n) is 4.44. The second-order valence-electron chi connectivity index (χ2n) is 7.20. The van der Waals surface area contributed by atoms with E-state index in [9.17, 15) is 0 Å². The first-order chi connectivity index (χ1) is 10.9. The molecule has 22 heavy (non-hydrogen) atoms. The molecule has 2 heterocycles. The highest BCUT2D eigenvalue weighted by molar-refractivity contribution is 5.15. The molecule has 0 aliphatic carbocycles. The Balaban J connectivity index is 1.49. The molecule has 0 spiro atoms. The van der Waals surface area contributed by atoms with Crippen LogP contribution in [0.3, 0.4) is 0 Å². The van der Waals surface area contributed by atoms with E-state index in [1.807, 2.05) is 0 Å². The van der Waals surface area contributed by atoms with Crippen LogP contribution >= 0.6 is 0 Å². The van der Waals surface area contributed by atoms with Gasteiger partial charge in [0.1, 0.15) is 0 Å². The molecule has 2 aliphatic rings. The molecule has 0 radical (unpaired) electrons. The number of benzene rings is 1. The third-order valence-corrected chi connectivity index (χ3v) is 5.72. The van der Waals surface area contributed by atoms with E-state index < -0.39 is 0 Å². The van der Waals surface area contributed by atoms with Crippen molar-refractivity contribution in [2.24, 2.45) is 5.92 Å². The first-order valence-corrected chi connectivity index (χ1v) is 9.38. The van der Waals surface area contributed by atoms with Crippen LogP contribution in [0.2, 0.25) is 0 Å². The number of likely N-dealkylation sites (tertiary alicyclic amines) is 1. The molecule has 2 fully saturated rings. The van der Waals surface area contributed by atoms with Crippen molar-refractivity contribution in [2.75, 3.05) is 19.6 Å². The fourth-order valence-corrected chi connectivity index (χ4v) is 4.44. The number of nitrogens with one attached hydrogen (secondary N) is 1. The Hall–Kier alpha value is -0.860. The Morgan fingerprint density at radius 1 is 1.09 bits per heavy atom. The van der Waals surface area contributed by atoms with Gasteiger partial charge in [0.05, 0.1) is 0 Å². The molecule has 0 bridgehead atoms. The molecule has 2 saturated heterocycles. The number of nitrogens with zero attached hydrogens (tertiary/aromatic N) is 1. The molecule has 3 rings (SSSR count). The zero-order valence-corrected chi connectivity index (χ0v) is 14.1. The van der Waals surface area contributed by atoms with Crippen LogP contribution in [-0.2, 0) is 6.42 Å². The van der Waals surface area contributed by atoms with E-state index in [0.29, 0.717) is 0 Å². The van der Waals surface area contributed by atoms with Crippen molar-refractivity contribution in [1.82, 2.24) is 10.2 Å². The highest BCUT2D eigenvalue weighted by Crippen LogP contribution is 2.26. The maximum Gasteiger partial charge on any atom is 0.0246 e. The smallest absolute Gasteiger partial charge is 0.0246 e. The minimum Gasteiger partial charge on any atom is -0.312 e. The third kappa shape index (κ3) is 4.11. The first-order valence-electron chi connectivity index (χ1n) is 9.38. The van der Waals surface area contributed by atoms with Crippen LogP contribution in [0, 0.1) is 5.92 Å². The fraction of sp³-hybridized carbons (Fsp3) is 0.700. The quantitative estimate of drug-likeness (QED) is 0.888. The Morgan fingerprint density at radius 3 is 2.50 bits per heavy atom. The average molecular weight is 300 g/mol. The lowest BCUT2D eigenvalue weighted by molar-refractivity contribution is 0.0946. The van der Waals surface area contributed by atoms with E-state index in [0.717, 1.165) is 18.0 Å². The summed E-state index contributed by atoms with van der Waals surface area (Å²) < 4.78 is 0. The van der Waals surface area contributed by atoms with Gasteiger partial charge >= 0.3 is 0 Å². The lowest BCUT2D eigenvalue weighted by Crippen LogP contribution is -2.53. The topological polar surface area (TPSA) is 15.3 Å². The molecule has 2 unspecified atom stereocenters. The molecule has 1 aromatic carbocycles. The summed E-state index contributed by atoms with van der Waals surface area (Å²) in [5.41, 5.74) is 1.52. The zero-order valence-electron chi connectivity index (χ0n) is 14.1. The zero-order chi connectivity index (χ0) is 15.2. The van der Waals surface area contributed by atoms with E-state index >= 15 is 0 Å². The second kappa shape index (κ2) is 8.12. The van der Waals surface area contributed by atoms with E-state index in [1.54, 1.807) is 0 Å². The maximum absolute atomic E-state index is 3.78. The Morgan fingerprint density at radius 2 is 1.86 bits per heavy atom. The van der Waals surface area contributed by atoms with Gasteiger partial charge in [0.2, 0.25) is 0 Å². The largest absolute Gasteiger partial charge is 0.312 e. The van der Waals surface area contributed by atoms with Crippen molar-refractivity contribution in [2.45, 2.75) is 64.0 Å². The van der Waals surface area contributed by atoms with Gasteiger partial charge < -0.3 is 5.32 Å². The summed E-state index contributed by atoms with van der Waals surface area (Å²) in [5, 5.41) is 3.78. The number of piperidine rings is 2. The number of hydrogen-bond donors (Lipinski definition) is 1. The minimum absolute atomic E-state index is 0.740. The Kier molecular flexibility index (Phi) is 5.91. The van der Waals surface area contributed by atoms with Gasteiger partial charge in [-0.2, -0.15) is 0 Å². The Bertz CT molecular complexity index is 417. The molecule has 1 N–H and O–H groups in total. The lowest BCUT2D eigenvalue weighted by atomic mass is 9.87. The summed E-state index contributed by atoms with van der Waals surface area (Å²) in [7, 11) is 0. The first kappa shape index (κ1) is 16.0. The molecule has 1 aromatic rings. The predicted octanol–water partition coefficient (Wildman–Crippen LogP) is 3.86. The van der Waals surface area contributed by atoms with Crippen molar-refractivity contribution in [3.63, 3.8) is 0 Å². The molecular weight excluding hydrogens is 268 g/mol. The molecule has 2 aliphatic heterocycles. The maximum atomic E-state index is 3.78. The predicted molar refractivity (Wildman–Crippen MR) is 94.2 cm³/mol. The highest BCUT2D eigenvalue weighted by Gasteiger charge is 2.30. The van der Waals surface area contributed by atoms with E-state index in [1.165, 1.54) is 70.1 Å². The molecule has 0 saturated carbocycles. The van der Waals surface area contributed by atoms with Crippen molar-refractivity contribution >= 4 is 0 Å². The molecule has 0 amide bonds. The summed E-state index contributed by atoms with van der Waals surface area (Å²) in [6, 6.07) is 12.5. The lowest BCUT2D eigenvalue weighted by Gasteiger charge is -2.42. The van der Waals surface area contributed by atoms with Gasteiger partial charge in [0, 0.05) is 12.1 Å². The molecule has 0 aromatic heterocycles. The highest BCUT2D eigenvalue weighted by atomic mass is 15.2. The van der Waals surface area contributed by atoms with Crippen LogP contribution in [0.1, 0.15) is 51.0 Å². The second-order valence-corrected chi connectivity index (χ2v) is 7.20. The van der Waals surface area contributed by atoms with Crippen LogP contribution in [-0.4, -0.2) is 36.6 Å². The van der Waals surface area contributed by atoms with Gasteiger partial charge in [-0.15, -0.1) is 0 Å². The summed E-state index contributed by atoms with van der Waals surface area (Å²) in [6.45, 7) is 6.20. The van der Waals surface area contributed by atoms with Crippen LogP contribution < -0.4 is 5.32 Å². The normalized spacial score (nSPS) is 26.0. The van der Waals surface area contributed by atoms with Gasteiger partial charge in [-0.25, -0.2) is 0 Å². The number of rotatable bonds is 5. The van der Waals surface area contributed by atoms with Gasteiger partial charge in [0.15, 0.2) is 0 Å². The van der Waals surface area contributed by atoms with Crippen molar-refractivity contribution in [3.8, 4) is 0 Å². The average Bonchev–Trinajstić information content (AvgIpc) is 2.59. The van der Waals surface area contributed by atoms with Crippen LogP contribution in [0.5, 0.6) is 0 Å². The SMILES string of the molecule is CCC(C1CCCCN1)N1CCC(Cc2ccccc2)CC1. The van der Waals surface area contributed by atoms with Crippen LogP contribution in [0.15, 0.2) is 30.3 Å². The summed E-state index contributed by atoms with van der Waals surface area (Å²) in [4.78, 5) is 2.78. The van der Waals surface area contributed by atoms with Gasteiger partial charge in [-0.3, -0.25) is 4.90 Å². The molecule has 122 valence electrons. The van der Waals surface area contributed by atoms with Gasteiger partial charge in [0.25, 0.3) is 0 Å². The van der Waals surface area contributed by atoms with Gasteiger partial charge in [-0.1, -0.05) is 43.7 Å². The third-order valence-electron chi connectivity index (χ3n) is 5.72. The standard InChI is InChI=1S/C20H32N2/c1-2-20(19-10-6-7-13-21-19)22-14-11-18(12-15-22)16-17-8-4-3-5-9-17/h3-5,8-9,18-21H,2,6-7,10-16H2,1H3. The molecule has 2 atom stereocenters. The van der Waals surface area contributed by atoms with E-state index in [2.05, 4.69) is 47.5 Å². The summed E-state index contributed by atoms with van der Waals surface area (Å²) in [6.07, 6.45) is 9.47. The molecule has 2 heteroatoms. The molecular formula is C20H32N2. The van der Waals surface area contributed by atoms with Crippen LogP contribution in [0.25, 0.3) is 0 Å². The van der Waals surface area contributed by atoms with E-state index in [4.69, 9.17) is 0 Å². The van der Waals surface area contributed by atoms with Gasteiger partial charge in [-0.05, 0) is 69.6 Å². The summed E-state index contributed by atoms with van der Waals surface area (Å²) >= 11 is 0.